The first-order valence-corrected chi connectivity index (χ1v) is 10.7. The second-order valence-electron chi connectivity index (χ2n) is 7.98. The molecule has 2 rings (SSSR count). The van der Waals surface area contributed by atoms with Gasteiger partial charge in [-0.05, 0) is 44.8 Å². The Morgan fingerprint density at radius 1 is 1.17 bits per heavy atom. The van der Waals surface area contributed by atoms with Crippen molar-refractivity contribution in [1.29, 1.82) is 0 Å². The average molecular weight is 410 g/mol. The van der Waals surface area contributed by atoms with Gasteiger partial charge in [-0.25, -0.2) is 4.79 Å². The van der Waals surface area contributed by atoms with Crippen molar-refractivity contribution < 1.29 is 24.2 Å². The minimum absolute atomic E-state index is 0.0506. The summed E-state index contributed by atoms with van der Waals surface area (Å²) < 4.78 is 6.13. The number of aliphatic carboxylic acids is 1. The molecular weight excluding hydrogens is 374 g/mol. The van der Waals surface area contributed by atoms with E-state index in [1.165, 1.54) is 13.3 Å². The van der Waals surface area contributed by atoms with Gasteiger partial charge in [-0.2, -0.15) is 0 Å². The normalized spacial score (nSPS) is 25.4. The molecular formula is C21H35N3O5. The molecule has 8 nitrogen and oxygen atoms in total. The first-order chi connectivity index (χ1) is 13.8. The summed E-state index contributed by atoms with van der Waals surface area (Å²) in [5, 5.41) is 15.4. The van der Waals surface area contributed by atoms with E-state index >= 15 is 0 Å². The molecule has 3 atom stereocenters. The lowest BCUT2D eigenvalue weighted by Gasteiger charge is -2.38. The molecule has 0 aromatic carbocycles. The Kier molecular flexibility index (Phi) is 9.10. The monoisotopic (exact) mass is 409 g/mol. The molecule has 164 valence electrons. The fourth-order valence-corrected chi connectivity index (χ4v) is 4.08. The number of amides is 2. The van der Waals surface area contributed by atoms with Crippen LogP contribution in [0.15, 0.2) is 11.6 Å². The van der Waals surface area contributed by atoms with E-state index in [0.717, 1.165) is 38.8 Å². The minimum Gasteiger partial charge on any atom is -0.478 e. The number of nitrogens with one attached hydrogen (secondary N) is 2. The molecule has 0 radical (unpaired) electrons. The van der Waals surface area contributed by atoms with Gasteiger partial charge in [0.15, 0.2) is 0 Å². The Labute approximate surface area is 173 Å². The van der Waals surface area contributed by atoms with Crippen LogP contribution in [0.3, 0.4) is 0 Å². The summed E-state index contributed by atoms with van der Waals surface area (Å²) in [4.78, 5) is 38.3. The number of nitrogens with zero attached hydrogens (tertiary/aromatic N) is 1. The molecule has 0 bridgehead atoms. The quantitative estimate of drug-likeness (QED) is 0.532. The van der Waals surface area contributed by atoms with Gasteiger partial charge in [0, 0.05) is 18.9 Å². The summed E-state index contributed by atoms with van der Waals surface area (Å²) in [5.74, 6) is -1.42. The van der Waals surface area contributed by atoms with Gasteiger partial charge in [0.1, 0.15) is 0 Å². The van der Waals surface area contributed by atoms with Gasteiger partial charge in [-0.3, -0.25) is 14.5 Å². The zero-order chi connectivity index (χ0) is 21.4. The molecule has 3 N–H and O–H groups in total. The standard InChI is InChI=1S/C21H35N3O5/c1-4-16(5-2)29-18-12-15(21(27)28)11-17(20(18)22-14(3)25)23-19(26)13-24-9-7-6-8-10-24/h12,16-18,20H,4-11,13H2,1-3H3,(H,22,25)(H,23,26)(H,27,28)/t17-,18+,20+/m0/s1. The molecule has 0 aromatic rings. The van der Waals surface area contributed by atoms with Gasteiger partial charge in [-0.1, -0.05) is 20.3 Å². The Morgan fingerprint density at radius 3 is 2.38 bits per heavy atom. The summed E-state index contributed by atoms with van der Waals surface area (Å²) in [6, 6.07) is -1.05. The van der Waals surface area contributed by atoms with E-state index in [9.17, 15) is 19.5 Å². The van der Waals surface area contributed by atoms with Crippen LogP contribution < -0.4 is 10.6 Å². The van der Waals surface area contributed by atoms with Gasteiger partial charge >= 0.3 is 5.97 Å². The van der Waals surface area contributed by atoms with E-state index in [-0.39, 0.29) is 36.5 Å². The molecule has 29 heavy (non-hydrogen) atoms. The zero-order valence-electron chi connectivity index (χ0n) is 17.8. The van der Waals surface area contributed by atoms with Crippen molar-refractivity contribution in [3.63, 3.8) is 0 Å². The molecule has 0 unspecified atom stereocenters. The van der Waals surface area contributed by atoms with Crippen LogP contribution in [-0.4, -0.2) is 71.7 Å². The molecule has 0 spiro atoms. The van der Waals surface area contributed by atoms with Crippen LogP contribution in [0.2, 0.25) is 0 Å². The van der Waals surface area contributed by atoms with Gasteiger partial charge in [-0.15, -0.1) is 0 Å². The molecule has 1 saturated heterocycles. The number of rotatable bonds is 9. The van der Waals surface area contributed by atoms with E-state index in [2.05, 4.69) is 15.5 Å². The highest BCUT2D eigenvalue weighted by atomic mass is 16.5. The Morgan fingerprint density at radius 2 is 1.83 bits per heavy atom. The van der Waals surface area contributed by atoms with E-state index in [1.807, 2.05) is 13.8 Å². The molecule has 0 saturated carbocycles. The molecule has 0 aromatic heterocycles. The Bertz CT molecular complexity index is 611. The van der Waals surface area contributed by atoms with Gasteiger partial charge < -0.3 is 20.5 Å². The Hall–Kier alpha value is -1.93. The lowest BCUT2D eigenvalue weighted by molar-refractivity contribution is -0.134. The molecule has 1 fully saturated rings. The summed E-state index contributed by atoms with van der Waals surface area (Å²) in [6.07, 6.45) is 5.99. The van der Waals surface area contributed by atoms with Crippen molar-refractivity contribution in [3.8, 4) is 0 Å². The maximum atomic E-state index is 12.7. The van der Waals surface area contributed by atoms with E-state index in [1.54, 1.807) is 6.08 Å². The third kappa shape index (κ3) is 7.12. The number of piperidine rings is 1. The number of ether oxygens (including phenoxy) is 1. The zero-order valence-corrected chi connectivity index (χ0v) is 17.8. The first-order valence-electron chi connectivity index (χ1n) is 10.7. The predicted octanol–water partition coefficient (Wildman–Crippen LogP) is 1.45. The summed E-state index contributed by atoms with van der Waals surface area (Å²) in [6.45, 7) is 7.50. The summed E-state index contributed by atoms with van der Waals surface area (Å²) in [5.41, 5.74) is 0.200. The van der Waals surface area contributed by atoms with E-state index in [4.69, 9.17) is 4.74 Å². The largest absolute Gasteiger partial charge is 0.478 e. The summed E-state index contributed by atoms with van der Waals surface area (Å²) in [7, 11) is 0. The number of carbonyl (C=O) groups excluding carboxylic acids is 2. The number of likely N-dealkylation sites (tertiary alicyclic amines) is 1. The van der Waals surface area contributed by atoms with E-state index < -0.39 is 24.2 Å². The van der Waals surface area contributed by atoms with Crippen LogP contribution in [0.4, 0.5) is 0 Å². The van der Waals surface area contributed by atoms with Gasteiger partial charge in [0.2, 0.25) is 11.8 Å². The molecule has 1 aliphatic heterocycles. The smallest absolute Gasteiger partial charge is 0.331 e. The maximum absolute atomic E-state index is 12.7. The number of hydrogen-bond donors (Lipinski definition) is 3. The lowest BCUT2D eigenvalue weighted by Crippen LogP contribution is -2.60. The van der Waals surface area contributed by atoms with Crippen LogP contribution in [-0.2, 0) is 19.1 Å². The van der Waals surface area contributed by atoms with Crippen molar-refractivity contribution in [2.75, 3.05) is 19.6 Å². The SMILES string of the molecule is CCC(CC)O[C@@H]1C=C(C(=O)O)C[C@H](NC(=O)CN2CCCCC2)[C@H]1NC(C)=O. The van der Waals surface area contributed by atoms with Gasteiger partial charge in [0.25, 0.3) is 0 Å². The second-order valence-corrected chi connectivity index (χ2v) is 7.98. The molecule has 2 amide bonds. The van der Waals surface area contributed by atoms with Gasteiger partial charge in [0.05, 0.1) is 30.8 Å². The molecule has 2 aliphatic rings. The van der Waals surface area contributed by atoms with Crippen LogP contribution in [0, 0.1) is 0 Å². The molecule has 8 heteroatoms. The van der Waals surface area contributed by atoms with Crippen LogP contribution in [0.1, 0.15) is 59.3 Å². The lowest BCUT2D eigenvalue weighted by atomic mass is 9.87. The minimum atomic E-state index is -1.03. The average Bonchev–Trinajstić information content (AvgIpc) is 2.68. The fraction of sp³-hybridized carbons (Fsp3) is 0.762. The number of carbonyl (C=O) groups is 3. The van der Waals surface area contributed by atoms with Crippen molar-refractivity contribution in [1.82, 2.24) is 15.5 Å². The maximum Gasteiger partial charge on any atom is 0.331 e. The highest BCUT2D eigenvalue weighted by Gasteiger charge is 2.38. The van der Waals surface area contributed by atoms with Crippen LogP contribution >= 0.6 is 0 Å². The molecule has 1 aliphatic carbocycles. The number of hydrogen-bond acceptors (Lipinski definition) is 5. The third-order valence-corrected chi connectivity index (χ3v) is 5.66. The number of carboxylic acid groups (broad SMARTS) is 1. The Balaban J connectivity index is 2.17. The number of carboxylic acids is 1. The van der Waals surface area contributed by atoms with E-state index in [0.29, 0.717) is 0 Å². The summed E-state index contributed by atoms with van der Waals surface area (Å²) >= 11 is 0. The fourth-order valence-electron chi connectivity index (χ4n) is 4.08. The topological polar surface area (TPSA) is 108 Å². The second kappa shape index (κ2) is 11.3. The first kappa shape index (κ1) is 23.3. The highest BCUT2D eigenvalue weighted by Crippen LogP contribution is 2.24. The third-order valence-electron chi connectivity index (χ3n) is 5.66. The van der Waals surface area contributed by atoms with Crippen LogP contribution in [0.25, 0.3) is 0 Å². The van der Waals surface area contributed by atoms with Crippen molar-refractivity contribution in [2.45, 2.75) is 83.6 Å². The highest BCUT2D eigenvalue weighted by molar-refractivity contribution is 5.87. The predicted molar refractivity (Wildman–Crippen MR) is 109 cm³/mol. The van der Waals surface area contributed by atoms with Crippen molar-refractivity contribution >= 4 is 17.8 Å². The van der Waals surface area contributed by atoms with Crippen molar-refractivity contribution in [2.24, 2.45) is 0 Å². The van der Waals surface area contributed by atoms with Crippen LogP contribution in [0.5, 0.6) is 0 Å². The van der Waals surface area contributed by atoms with Crippen molar-refractivity contribution in [3.05, 3.63) is 11.6 Å². The molecule has 1 heterocycles.